The lowest BCUT2D eigenvalue weighted by atomic mass is 10.2. The number of anilines is 2. The molecule has 0 aliphatic heterocycles. The predicted octanol–water partition coefficient (Wildman–Crippen LogP) is 5.10. The van der Waals surface area contributed by atoms with Crippen LogP contribution in [0.2, 0.25) is 5.02 Å². The maximum absolute atomic E-state index is 13.9. The van der Waals surface area contributed by atoms with E-state index in [1.165, 1.54) is 42.5 Å². The van der Waals surface area contributed by atoms with Crippen molar-refractivity contribution in [2.24, 2.45) is 0 Å². The standard InChI is InChI=1S/C23H22ClF3N4O4/c1-22(2,3)35-19(32)12-34-17-6-4-16(5-7-17)31-20(23(25,26)27)18(11-29-31)21(33)30-15-9-13(24)8-14(28)10-15/h4-11H,12,28H2,1-3H3,(H,30,33). The number of rotatable bonds is 6. The highest BCUT2D eigenvalue weighted by Gasteiger charge is 2.40. The van der Waals surface area contributed by atoms with Gasteiger partial charge in [-0.1, -0.05) is 11.6 Å². The summed E-state index contributed by atoms with van der Waals surface area (Å²) in [6.07, 6.45) is -4.08. The molecule has 1 heterocycles. The maximum Gasteiger partial charge on any atom is 0.434 e. The molecule has 0 atom stereocenters. The second-order valence-corrected chi connectivity index (χ2v) is 8.85. The number of carbonyl (C=O) groups excluding carboxylic acids is 2. The van der Waals surface area contributed by atoms with Gasteiger partial charge in [0.15, 0.2) is 12.3 Å². The average molecular weight is 511 g/mol. The Hall–Kier alpha value is -3.73. The van der Waals surface area contributed by atoms with E-state index in [1.54, 1.807) is 20.8 Å². The first-order chi connectivity index (χ1) is 16.2. The smallest absolute Gasteiger partial charge is 0.434 e. The Bertz CT molecular complexity index is 1210. The lowest BCUT2D eigenvalue weighted by Crippen LogP contribution is -2.27. The molecule has 3 aromatic rings. The van der Waals surface area contributed by atoms with Gasteiger partial charge in [0.05, 0.1) is 17.4 Å². The quantitative estimate of drug-likeness (QED) is 0.353. The number of carbonyl (C=O) groups is 2. The summed E-state index contributed by atoms with van der Waals surface area (Å²) in [5.74, 6) is -1.40. The molecule has 0 fully saturated rings. The number of nitrogens with two attached hydrogens (primary N) is 1. The van der Waals surface area contributed by atoms with Crippen LogP contribution in [0.4, 0.5) is 24.5 Å². The molecule has 186 valence electrons. The van der Waals surface area contributed by atoms with Crippen molar-refractivity contribution in [3.8, 4) is 11.4 Å². The van der Waals surface area contributed by atoms with E-state index in [1.807, 2.05) is 0 Å². The van der Waals surface area contributed by atoms with Gasteiger partial charge in [-0.25, -0.2) is 9.48 Å². The van der Waals surface area contributed by atoms with Gasteiger partial charge in [0, 0.05) is 16.4 Å². The van der Waals surface area contributed by atoms with Crippen molar-refractivity contribution in [1.29, 1.82) is 0 Å². The molecule has 0 radical (unpaired) electrons. The van der Waals surface area contributed by atoms with Crippen molar-refractivity contribution in [2.75, 3.05) is 17.7 Å². The lowest BCUT2D eigenvalue weighted by Gasteiger charge is -2.19. The topological polar surface area (TPSA) is 108 Å². The fourth-order valence-electron chi connectivity index (χ4n) is 3.06. The van der Waals surface area contributed by atoms with Crippen LogP contribution in [0.5, 0.6) is 5.75 Å². The zero-order valence-corrected chi connectivity index (χ0v) is 19.7. The number of hydrogen-bond acceptors (Lipinski definition) is 6. The Morgan fingerprint density at radius 2 is 1.77 bits per heavy atom. The van der Waals surface area contributed by atoms with Gasteiger partial charge in [-0.05, 0) is 63.2 Å². The Morgan fingerprint density at radius 3 is 2.34 bits per heavy atom. The van der Waals surface area contributed by atoms with Crippen molar-refractivity contribution in [3.05, 3.63) is 64.9 Å². The number of benzene rings is 2. The van der Waals surface area contributed by atoms with E-state index in [2.05, 4.69) is 10.4 Å². The Balaban J connectivity index is 1.82. The number of alkyl halides is 3. The first kappa shape index (κ1) is 25.9. The fraction of sp³-hybridized carbons (Fsp3) is 0.261. The monoisotopic (exact) mass is 510 g/mol. The minimum Gasteiger partial charge on any atom is -0.482 e. The maximum atomic E-state index is 13.9. The Labute approximate surface area is 203 Å². The van der Waals surface area contributed by atoms with Crippen LogP contribution in [-0.2, 0) is 15.7 Å². The first-order valence-corrected chi connectivity index (χ1v) is 10.6. The minimum atomic E-state index is -4.90. The van der Waals surface area contributed by atoms with Gasteiger partial charge < -0.3 is 20.5 Å². The summed E-state index contributed by atoms with van der Waals surface area (Å²) in [7, 11) is 0. The van der Waals surface area contributed by atoms with Crippen molar-refractivity contribution < 1.29 is 32.2 Å². The normalized spacial score (nSPS) is 11.7. The third-order valence-electron chi connectivity index (χ3n) is 4.32. The largest absolute Gasteiger partial charge is 0.482 e. The third kappa shape index (κ3) is 6.89. The lowest BCUT2D eigenvalue weighted by molar-refractivity contribution is -0.157. The summed E-state index contributed by atoms with van der Waals surface area (Å²) >= 11 is 5.88. The molecule has 0 aliphatic rings. The number of hydrogen-bond donors (Lipinski definition) is 2. The number of halogens is 4. The molecule has 1 amide bonds. The molecule has 2 aromatic carbocycles. The summed E-state index contributed by atoms with van der Waals surface area (Å²) in [6.45, 7) is 4.76. The summed E-state index contributed by atoms with van der Waals surface area (Å²) in [5.41, 5.74) is 3.40. The van der Waals surface area contributed by atoms with Crippen LogP contribution in [0.3, 0.4) is 0 Å². The molecule has 0 saturated heterocycles. The summed E-state index contributed by atoms with van der Waals surface area (Å²) in [5, 5.41) is 6.32. The van der Waals surface area contributed by atoms with E-state index in [0.29, 0.717) is 4.68 Å². The van der Waals surface area contributed by atoms with Gasteiger partial charge in [-0.3, -0.25) is 4.79 Å². The molecule has 0 bridgehead atoms. The van der Waals surface area contributed by atoms with Crippen molar-refractivity contribution in [1.82, 2.24) is 9.78 Å². The number of esters is 1. The van der Waals surface area contributed by atoms with Gasteiger partial charge in [0.2, 0.25) is 0 Å². The van der Waals surface area contributed by atoms with Crippen LogP contribution >= 0.6 is 11.6 Å². The van der Waals surface area contributed by atoms with Gasteiger partial charge in [-0.2, -0.15) is 18.3 Å². The molecule has 0 spiro atoms. The van der Waals surface area contributed by atoms with Crippen LogP contribution in [0.25, 0.3) is 5.69 Å². The first-order valence-electron chi connectivity index (χ1n) is 10.2. The van der Waals surface area contributed by atoms with E-state index in [-0.39, 0.29) is 34.4 Å². The molecule has 0 aliphatic carbocycles. The summed E-state index contributed by atoms with van der Waals surface area (Å²) < 4.78 is 52.8. The van der Waals surface area contributed by atoms with Crippen LogP contribution in [-0.4, -0.2) is 33.9 Å². The number of nitrogens with zero attached hydrogens (tertiary/aromatic N) is 2. The molecule has 1 aromatic heterocycles. The van der Waals surface area contributed by atoms with Gasteiger partial charge in [0.25, 0.3) is 5.91 Å². The van der Waals surface area contributed by atoms with Crippen molar-refractivity contribution >= 4 is 34.9 Å². The molecule has 8 nitrogen and oxygen atoms in total. The number of nitrogens with one attached hydrogen (secondary N) is 1. The van der Waals surface area contributed by atoms with Gasteiger partial charge in [0.1, 0.15) is 11.4 Å². The number of nitrogen functional groups attached to an aromatic ring is 1. The van der Waals surface area contributed by atoms with E-state index < -0.39 is 34.9 Å². The zero-order chi connectivity index (χ0) is 26.0. The Morgan fingerprint density at radius 1 is 1.11 bits per heavy atom. The number of aromatic nitrogens is 2. The van der Waals surface area contributed by atoms with Crippen LogP contribution in [0, 0.1) is 0 Å². The molecular weight excluding hydrogens is 489 g/mol. The van der Waals surface area contributed by atoms with Crippen molar-refractivity contribution in [3.63, 3.8) is 0 Å². The highest BCUT2D eigenvalue weighted by Crippen LogP contribution is 2.34. The molecular formula is C23H22ClF3N4O4. The van der Waals surface area contributed by atoms with Crippen LogP contribution in [0.1, 0.15) is 36.8 Å². The number of amides is 1. The Kier molecular flexibility index (Phi) is 7.30. The van der Waals surface area contributed by atoms with Crippen LogP contribution in [0.15, 0.2) is 48.7 Å². The average Bonchev–Trinajstić information content (AvgIpc) is 3.16. The molecule has 3 rings (SSSR count). The number of ether oxygens (including phenoxy) is 2. The highest BCUT2D eigenvalue weighted by atomic mass is 35.5. The second-order valence-electron chi connectivity index (χ2n) is 8.41. The van der Waals surface area contributed by atoms with E-state index in [4.69, 9.17) is 26.8 Å². The third-order valence-corrected chi connectivity index (χ3v) is 4.54. The SMILES string of the molecule is CC(C)(C)OC(=O)COc1ccc(-n2ncc(C(=O)Nc3cc(N)cc(Cl)c3)c2C(F)(F)F)cc1. The van der Waals surface area contributed by atoms with Gasteiger partial charge in [-0.15, -0.1) is 0 Å². The van der Waals surface area contributed by atoms with E-state index in [9.17, 15) is 22.8 Å². The molecule has 0 saturated carbocycles. The summed E-state index contributed by atoms with van der Waals surface area (Å²) in [6, 6.07) is 9.50. The molecule has 0 unspecified atom stereocenters. The predicted molar refractivity (Wildman–Crippen MR) is 124 cm³/mol. The zero-order valence-electron chi connectivity index (χ0n) is 18.9. The van der Waals surface area contributed by atoms with E-state index >= 15 is 0 Å². The highest BCUT2D eigenvalue weighted by molar-refractivity contribution is 6.31. The molecule has 12 heteroatoms. The summed E-state index contributed by atoms with van der Waals surface area (Å²) in [4.78, 5) is 24.4. The van der Waals surface area contributed by atoms with Gasteiger partial charge >= 0.3 is 12.1 Å². The fourth-order valence-corrected chi connectivity index (χ4v) is 3.31. The van der Waals surface area contributed by atoms with Crippen molar-refractivity contribution in [2.45, 2.75) is 32.5 Å². The van der Waals surface area contributed by atoms with Crippen LogP contribution < -0.4 is 15.8 Å². The molecule has 35 heavy (non-hydrogen) atoms. The second kappa shape index (κ2) is 9.87. The molecule has 3 N–H and O–H groups in total. The minimum absolute atomic E-state index is 0.0213. The van der Waals surface area contributed by atoms with E-state index in [0.717, 1.165) is 6.20 Å².